The highest BCUT2D eigenvalue weighted by Crippen LogP contribution is 2.17. The highest BCUT2D eigenvalue weighted by molar-refractivity contribution is 5.72. The van der Waals surface area contributed by atoms with Gasteiger partial charge in [-0.15, -0.1) is 10.2 Å². The summed E-state index contributed by atoms with van der Waals surface area (Å²) in [6.45, 7) is 2.16. The molecule has 0 amide bonds. The molecule has 134 valence electrons. The van der Waals surface area contributed by atoms with Crippen molar-refractivity contribution in [2.24, 2.45) is 0 Å². The summed E-state index contributed by atoms with van der Waals surface area (Å²) in [4.78, 5) is 12.0. The first-order valence-corrected chi connectivity index (χ1v) is 8.86. The lowest BCUT2D eigenvalue weighted by molar-refractivity contribution is -0.144. The number of aromatic nitrogens is 2. The van der Waals surface area contributed by atoms with Crippen molar-refractivity contribution in [3.05, 3.63) is 71.6 Å². The molecular weight excluding hydrogens is 328 g/mol. The molecule has 0 fully saturated rings. The maximum absolute atomic E-state index is 12.0. The Morgan fingerprint density at radius 2 is 1.73 bits per heavy atom. The number of aryl methyl sites for hydroxylation is 1. The van der Waals surface area contributed by atoms with Gasteiger partial charge in [-0.25, -0.2) is 0 Å². The predicted octanol–water partition coefficient (Wildman–Crippen LogP) is 4.37. The van der Waals surface area contributed by atoms with Crippen molar-refractivity contribution in [2.75, 3.05) is 0 Å². The number of esters is 1. The SMILES string of the molecule is CCCCc1ccc(CC(=O)OCc2nnc(-c3ccccc3)o2)cc1. The van der Waals surface area contributed by atoms with Crippen molar-refractivity contribution in [3.8, 4) is 11.5 Å². The summed E-state index contributed by atoms with van der Waals surface area (Å²) in [5, 5.41) is 7.89. The van der Waals surface area contributed by atoms with E-state index in [0.717, 1.165) is 17.5 Å². The second-order valence-corrected chi connectivity index (χ2v) is 6.12. The van der Waals surface area contributed by atoms with E-state index < -0.39 is 0 Å². The number of benzene rings is 2. The van der Waals surface area contributed by atoms with Crippen molar-refractivity contribution in [2.45, 2.75) is 39.2 Å². The number of nitrogens with zero attached hydrogens (tertiary/aromatic N) is 2. The molecule has 1 aromatic heterocycles. The van der Waals surface area contributed by atoms with E-state index in [1.807, 2.05) is 42.5 Å². The molecule has 0 saturated carbocycles. The molecule has 0 radical (unpaired) electrons. The second-order valence-electron chi connectivity index (χ2n) is 6.12. The van der Waals surface area contributed by atoms with Crippen molar-refractivity contribution >= 4 is 5.97 Å². The van der Waals surface area contributed by atoms with E-state index in [1.54, 1.807) is 0 Å². The van der Waals surface area contributed by atoms with Crippen LogP contribution in [0.5, 0.6) is 0 Å². The van der Waals surface area contributed by atoms with Gasteiger partial charge in [-0.1, -0.05) is 55.8 Å². The third kappa shape index (κ3) is 5.02. The molecule has 0 aliphatic heterocycles. The van der Waals surface area contributed by atoms with Crippen molar-refractivity contribution < 1.29 is 13.9 Å². The van der Waals surface area contributed by atoms with Crippen LogP contribution in [0.25, 0.3) is 11.5 Å². The van der Waals surface area contributed by atoms with Crippen molar-refractivity contribution in [1.82, 2.24) is 10.2 Å². The fraction of sp³-hybridized carbons (Fsp3) is 0.286. The first-order valence-electron chi connectivity index (χ1n) is 8.86. The van der Waals surface area contributed by atoms with Crippen LogP contribution in [-0.2, 0) is 29.0 Å². The van der Waals surface area contributed by atoms with Gasteiger partial charge in [0, 0.05) is 5.56 Å². The Morgan fingerprint density at radius 3 is 2.46 bits per heavy atom. The fourth-order valence-electron chi connectivity index (χ4n) is 2.57. The van der Waals surface area contributed by atoms with Crippen LogP contribution in [0.2, 0.25) is 0 Å². The molecule has 0 bridgehead atoms. The zero-order chi connectivity index (χ0) is 18.2. The average Bonchev–Trinajstić information content (AvgIpc) is 3.16. The Labute approximate surface area is 153 Å². The number of unbranched alkanes of at least 4 members (excludes halogenated alkanes) is 1. The molecule has 0 aliphatic carbocycles. The molecule has 0 aliphatic rings. The van der Waals surface area contributed by atoms with Gasteiger partial charge in [-0.2, -0.15) is 0 Å². The van der Waals surface area contributed by atoms with Crippen LogP contribution >= 0.6 is 0 Å². The molecule has 26 heavy (non-hydrogen) atoms. The monoisotopic (exact) mass is 350 g/mol. The molecule has 3 aromatic rings. The van der Waals surface area contributed by atoms with Gasteiger partial charge in [0.25, 0.3) is 5.89 Å². The minimum atomic E-state index is -0.314. The van der Waals surface area contributed by atoms with Gasteiger partial charge in [0.1, 0.15) is 0 Å². The number of carbonyl (C=O) groups is 1. The molecule has 3 rings (SSSR count). The van der Waals surface area contributed by atoms with Crippen LogP contribution in [0.1, 0.15) is 36.8 Å². The summed E-state index contributed by atoms with van der Waals surface area (Å²) in [7, 11) is 0. The molecular formula is C21H22N2O3. The number of carbonyl (C=O) groups excluding carboxylic acids is 1. The summed E-state index contributed by atoms with van der Waals surface area (Å²) in [5.41, 5.74) is 3.06. The normalized spacial score (nSPS) is 10.7. The van der Waals surface area contributed by atoms with Crippen LogP contribution < -0.4 is 0 Å². The van der Waals surface area contributed by atoms with Gasteiger partial charge in [0.2, 0.25) is 5.89 Å². The van der Waals surface area contributed by atoms with Gasteiger partial charge in [-0.05, 0) is 36.1 Å². The Kier molecular flexibility index (Phi) is 6.14. The maximum Gasteiger partial charge on any atom is 0.310 e. The van der Waals surface area contributed by atoms with Gasteiger partial charge in [-0.3, -0.25) is 4.79 Å². The second kappa shape index (κ2) is 8.94. The molecule has 2 aromatic carbocycles. The summed E-state index contributed by atoms with van der Waals surface area (Å²) in [6.07, 6.45) is 3.65. The predicted molar refractivity (Wildman–Crippen MR) is 98.3 cm³/mol. The minimum absolute atomic E-state index is 0.0206. The standard InChI is InChI=1S/C21H22N2O3/c1-2-3-7-16-10-12-17(13-11-16)14-20(24)25-15-19-22-23-21(26-19)18-8-5-4-6-9-18/h4-6,8-13H,2-3,7,14-15H2,1H3. The van der Waals surface area contributed by atoms with Crippen molar-refractivity contribution in [1.29, 1.82) is 0 Å². The largest absolute Gasteiger partial charge is 0.455 e. The molecule has 0 N–H and O–H groups in total. The average molecular weight is 350 g/mol. The topological polar surface area (TPSA) is 65.2 Å². The van der Waals surface area contributed by atoms with E-state index in [1.165, 1.54) is 18.4 Å². The van der Waals surface area contributed by atoms with E-state index in [0.29, 0.717) is 5.89 Å². The summed E-state index contributed by atoms with van der Waals surface area (Å²) >= 11 is 0. The third-order valence-corrected chi connectivity index (χ3v) is 4.03. The zero-order valence-corrected chi connectivity index (χ0v) is 14.9. The van der Waals surface area contributed by atoms with E-state index in [4.69, 9.17) is 9.15 Å². The first kappa shape index (κ1) is 17.9. The smallest absolute Gasteiger partial charge is 0.310 e. The van der Waals surface area contributed by atoms with E-state index in [9.17, 15) is 4.79 Å². The lowest BCUT2D eigenvalue weighted by Crippen LogP contribution is -2.08. The lowest BCUT2D eigenvalue weighted by atomic mass is 10.1. The number of rotatable bonds is 8. The summed E-state index contributed by atoms with van der Waals surface area (Å²) < 4.78 is 10.8. The third-order valence-electron chi connectivity index (χ3n) is 4.03. The molecule has 5 heteroatoms. The quantitative estimate of drug-likeness (QED) is 0.565. The fourth-order valence-corrected chi connectivity index (χ4v) is 2.57. The van der Waals surface area contributed by atoms with Gasteiger partial charge in [0.15, 0.2) is 6.61 Å². The highest BCUT2D eigenvalue weighted by Gasteiger charge is 2.11. The molecule has 0 saturated heterocycles. The Bertz CT molecular complexity index is 826. The number of ether oxygens (including phenoxy) is 1. The van der Waals surface area contributed by atoms with Gasteiger partial charge in [0.05, 0.1) is 6.42 Å². The van der Waals surface area contributed by atoms with Gasteiger partial charge < -0.3 is 9.15 Å². The molecule has 0 spiro atoms. The number of hydrogen-bond donors (Lipinski definition) is 0. The summed E-state index contributed by atoms with van der Waals surface area (Å²) in [5.74, 6) is 0.386. The van der Waals surface area contributed by atoms with E-state index in [-0.39, 0.29) is 24.9 Å². The molecule has 0 atom stereocenters. The number of hydrogen-bond acceptors (Lipinski definition) is 5. The molecule has 1 heterocycles. The van der Waals surface area contributed by atoms with E-state index >= 15 is 0 Å². The van der Waals surface area contributed by atoms with Crippen LogP contribution in [0.15, 0.2) is 59.0 Å². The lowest BCUT2D eigenvalue weighted by Gasteiger charge is -2.04. The minimum Gasteiger partial charge on any atom is -0.455 e. The van der Waals surface area contributed by atoms with Crippen LogP contribution in [0.4, 0.5) is 0 Å². The Morgan fingerprint density at radius 1 is 1.00 bits per heavy atom. The first-order chi connectivity index (χ1) is 12.7. The Hall–Kier alpha value is -2.95. The Balaban J connectivity index is 1.49. The summed E-state index contributed by atoms with van der Waals surface area (Å²) in [6, 6.07) is 17.6. The highest BCUT2D eigenvalue weighted by atomic mass is 16.5. The van der Waals surface area contributed by atoms with Crippen molar-refractivity contribution in [3.63, 3.8) is 0 Å². The van der Waals surface area contributed by atoms with Crippen LogP contribution in [-0.4, -0.2) is 16.2 Å². The van der Waals surface area contributed by atoms with Crippen LogP contribution in [0.3, 0.4) is 0 Å². The molecule has 0 unspecified atom stereocenters. The maximum atomic E-state index is 12.0. The zero-order valence-electron chi connectivity index (χ0n) is 14.9. The van der Waals surface area contributed by atoms with Gasteiger partial charge >= 0.3 is 5.97 Å². The molecule has 5 nitrogen and oxygen atoms in total. The van der Waals surface area contributed by atoms with E-state index in [2.05, 4.69) is 29.3 Å². The van der Waals surface area contributed by atoms with Crippen LogP contribution in [0, 0.1) is 0 Å².